The number of hydrogen-bond acceptors (Lipinski definition) is 4. The van der Waals surface area contributed by atoms with E-state index in [-0.39, 0.29) is 29.5 Å². The lowest BCUT2D eigenvalue weighted by atomic mass is 10.0. The highest BCUT2D eigenvalue weighted by molar-refractivity contribution is 5.92. The molecule has 1 aromatic rings. The SMILES string of the molecule is CC(C)C(=O)N(CCCN1CCCC1)C1CCCN(C(=O)c2ccc(F)cn2)C1. The van der Waals surface area contributed by atoms with Crippen molar-refractivity contribution in [1.29, 1.82) is 0 Å². The molecule has 3 rings (SSSR count). The maximum Gasteiger partial charge on any atom is 0.272 e. The second-order valence-electron chi connectivity index (χ2n) is 8.50. The summed E-state index contributed by atoms with van der Waals surface area (Å²) in [5.74, 6) is -0.550. The first kappa shape index (κ1) is 21.7. The van der Waals surface area contributed by atoms with Crippen molar-refractivity contribution in [2.24, 2.45) is 5.92 Å². The molecule has 0 bridgehead atoms. The number of aromatic nitrogens is 1. The number of carbonyl (C=O) groups is 2. The van der Waals surface area contributed by atoms with Crippen molar-refractivity contribution in [2.45, 2.75) is 52.0 Å². The van der Waals surface area contributed by atoms with E-state index in [4.69, 9.17) is 0 Å². The standard InChI is InChI=1S/C22H33FN4O2/c1-17(2)21(28)27(14-6-12-25-10-3-4-11-25)19-7-5-13-26(16-19)22(29)20-9-8-18(23)15-24-20/h8-9,15,17,19H,3-7,10-14,16H2,1-2H3. The lowest BCUT2D eigenvalue weighted by molar-refractivity contribution is -0.138. The largest absolute Gasteiger partial charge is 0.338 e. The first-order chi connectivity index (χ1) is 14.0. The lowest BCUT2D eigenvalue weighted by Crippen LogP contribution is -2.53. The molecule has 2 aliphatic heterocycles. The summed E-state index contributed by atoms with van der Waals surface area (Å²) >= 11 is 0. The third-order valence-electron chi connectivity index (χ3n) is 5.92. The van der Waals surface area contributed by atoms with Crippen molar-refractivity contribution >= 4 is 11.8 Å². The van der Waals surface area contributed by atoms with Gasteiger partial charge in [0.15, 0.2) is 0 Å². The Bertz CT molecular complexity index is 689. The van der Waals surface area contributed by atoms with E-state index < -0.39 is 5.82 Å². The van der Waals surface area contributed by atoms with Crippen molar-refractivity contribution in [3.05, 3.63) is 29.8 Å². The minimum absolute atomic E-state index is 0.0293. The van der Waals surface area contributed by atoms with Crippen LogP contribution in [0.1, 0.15) is 56.4 Å². The fourth-order valence-electron chi connectivity index (χ4n) is 4.33. The first-order valence-corrected chi connectivity index (χ1v) is 10.9. The topological polar surface area (TPSA) is 56.8 Å². The summed E-state index contributed by atoms with van der Waals surface area (Å²) in [4.78, 5) is 35.9. The molecule has 2 amide bonds. The van der Waals surface area contributed by atoms with E-state index in [0.29, 0.717) is 13.1 Å². The third kappa shape index (κ3) is 5.75. The Labute approximate surface area is 173 Å². The highest BCUT2D eigenvalue weighted by Gasteiger charge is 2.32. The van der Waals surface area contributed by atoms with E-state index in [1.807, 2.05) is 18.7 Å². The summed E-state index contributed by atoms with van der Waals surface area (Å²) in [6.07, 6.45) is 6.33. The van der Waals surface area contributed by atoms with Gasteiger partial charge in [0.25, 0.3) is 5.91 Å². The number of pyridine rings is 1. The lowest BCUT2D eigenvalue weighted by Gasteiger charge is -2.40. The van der Waals surface area contributed by atoms with Gasteiger partial charge in [0.1, 0.15) is 11.5 Å². The summed E-state index contributed by atoms with van der Waals surface area (Å²) in [5, 5.41) is 0. The van der Waals surface area contributed by atoms with Crippen LogP contribution in [0.25, 0.3) is 0 Å². The number of amides is 2. The van der Waals surface area contributed by atoms with Crippen molar-refractivity contribution in [1.82, 2.24) is 19.7 Å². The molecular weight excluding hydrogens is 371 g/mol. The molecule has 1 aromatic heterocycles. The van der Waals surface area contributed by atoms with Crippen molar-refractivity contribution in [3.8, 4) is 0 Å². The van der Waals surface area contributed by atoms with Crippen LogP contribution in [0, 0.1) is 11.7 Å². The molecule has 0 N–H and O–H groups in total. The van der Waals surface area contributed by atoms with Gasteiger partial charge < -0.3 is 14.7 Å². The molecule has 0 aliphatic carbocycles. The number of hydrogen-bond donors (Lipinski definition) is 0. The molecule has 160 valence electrons. The van der Waals surface area contributed by atoms with E-state index in [1.165, 1.54) is 25.0 Å². The second kappa shape index (κ2) is 10.1. The van der Waals surface area contributed by atoms with Crippen LogP contribution in [0.5, 0.6) is 0 Å². The molecule has 6 nitrogen and oxygen atoms in total. The molecule has 1 atom stereocenters. The molecule has 0 aromatic carbocycles. The summed E-state index contributed by atoms with van der Waals surface area (Å²) < 4.78 is 13.1. The summed E-state index contributed by atoms with van der Waals surface area (Å²) in [6, 6.07) is 2.71. The second-order valence-corrected chi connectivity index (χ2v) is 8.50. The van der Waals surface area contributed by atoms with Gasteiger partial charge in [0, 0.05) is 31.6 Å². The van der Waals surface area contributed by atoms with Gasteiger partial charge in [-0.3, -0.25) is 9.59 Å². The molecule has 2 saturated heterocycles. The molecule has 7 heteroatoms. The zero-order valence-corrected chi connectivity index (χ0v) is 17.6. The minimum Gasteiger partial charge on any atom is -0.338 e. The molecule has 2 aliphatic rings. The predicted molar refractivity (Wildman–Crippen MR) is 110 cm³/mol. The highest BCUT2D eigenvalue weighted by atomic mass is 19.1. The molecule has 0 spiro atoms. The summed E-state index contributed by atoms with van der Waals surface area (Å²) in [6.45, 7) is 9.11. The molecule has 3 heterocycles. The normalized spacial score (nSPS) is 20.3. The third-order valence-corrected chi connectivity index (χ3v) is 5.92. The Kier molecular flexibility index (Phi) is 7.58. The number of carbonyl (C=O) groups excluding carboxylic acids is 2. The van der Waals surface area contributed by atoms with Crippen molar-refractivity contribution in [3.63, 3.8) is 0 Å². The molecular formula is C22H33FN4O2. The van der Waals surface area contributed by atoms with Gasteiger partial charge in [-0.15, -0.1) is 0 Å². The van der Waals surface area contributed by atoms with Crippen LogP contribution >= 0.6 is 0 Å². The van der Waals surface area contributed by atoms with E-state index in [1.54, 1.807) is 4.90 Å². The number of piperidine rings is 1. The smallest absolute Gasteiger partial charge is 0.272 e. The first-order valence-electron chi connectivity index (χ1n) is 10.9. The molecule has 0 saturated carbocycles. The Morgan fingerprint density at radius 2 is 1.97 bits per heavy atom. The summed E-state index contributed by atoms with van der Waals surface area (Å²) in [5.41, 5.74) is 0.253. The zero-order chi connectivity index (χ0) is 20.8. The van der Waals surface area contributed by atoms with Crippen LogP contribution in [0.15, 0.2) is 18.3 Å². The number of rotatable bonds is 7. The van der Waals surface area contributed by atoms with E-state index in [2.05, 4.69) is 9.88 Å². The van der Waals surface area contributed by atoms with Crippen LogP contribution in [-0.2, 0) is 4.79 Å². The van der Waals surface area contributed by atoms with E-state index >= 15 is 0 Å². The Hall–Kier alpha value is -2.02. The fraction of sp³-hybridized carbons (Fsp3) is 0.682. The quantitative estimate of drug-likeness (QED) is 0.701. The van der Waals surface area contributed by atoms with Crippen LogP contribution < -0.4 is 0 Å². The van der Waals surface area contributed by atoms with Crippen LogP contribution in [0.4, 0.5) is 4.39 Å². The van der Waals surface area contributed by atoms with Crippen LogP contribution in [0.3, 0.4) is 0 Å². The predicted octanol–water partition coefficient (Wildman–Crippen LogP) is 2.80. The molecule has 29 heavy (non-hydrogen) atoms. The Morgan fingerprint density at radius 1 is 1.21 bits per heavy atom. The van der Waals surface area contributed by atoms with Gasteiger partial charge >= 0.3 is 0 Å². The average Bonchev–Trinajstić information content (AvgIpc) is 3.24. The van der Waals surface area contributed by atoms with Gasteiger partial charge in [-0.05, 0) is 63.9 Å². The van der Waals surface area contributed by atoms with Crippen LogP contribution in [0.2, 0.25) is 0 Å². The van der Waals surface area contributed by atoms with Crippen LogP contribution in [-0.4, -0.2) is 76.8 Å². The zero-order valence-electron chi connectivity index (χ0n) is 17.6. The Morgan fingerprint density at radius 3 is 2.62 bits per heavy atom. The van der Waals surface area contributed by atoms with Gasteiger partial charge in [-0.2, -0.15) is 0 Å². The Balaban J connectivity index is 1.63. The number of halogens is 1. The molecule has 1 unspecified atom stereocenters. The highest BCUT2D eigenvalue weighted by Crippen LogP contribution is 2.20. The maximum absolute atomic E-state index is 13.1. The molecule has 2 fully saturated rings. The number of nitrogens with zero attached hydrogens (tertiary/aromatic N) is 4. The van der Waals surface area contributed by atoms with Gasteiger partial charge in [0.05, 0.1) is 6.20 Å². The molecule has 0 radical (unpaired) electrons. The fourth-order valence-corrected chi connectivity index (χ4v) is 4.33. The monoisotopic (exact) mass is 404 g/mol. The van der Waals surface area contributed by atoms with Crippen molar-refractivity contribution < 1.29 is 14.0 Å². The van der Waals surface area contributed by atoms with Gasteiger partial charge in [-0.1, -0.05) is 13.8 Å². The van der Waals surface area contributed by atoms with E-state index in [9.17, 15) is 14.0 Å². The van der Waals surface area contributed by atoms with Crippen molar-refractivity contribution in [2.75, 3.05) is 39.3 Å². The summed E-state index contributed by atoms with van der Waals surface area (Å²) in [7, 11) is 0. The number of likely N-dealkylation sites (tertiary alicyclic amines) is 2. The van der Waals surface area contributed by atoms with E-state index in [0.717, 1.165) is 51.6 Å². The average molecular weight is 405 g/mol. The van der Waals surface area contributed by atoms with Gasteiger partial charge in [-0.25, -0.2) is 9.37 Å². The van der Waals surface area contributed by atoms with Gasteiger partial charge in [0.2, 0.25) is 5.91 Å². The maximum atomic E-state index is 13.1. The minimum atomic E-state index is -0.454.